The van der Waals surface area contributed by atoms with Gasteiger partial charge in [-0.2, -0.15) is 0 Å². The summed E-state index contributed by atoms with van der Waals surface area (Å²) in [7, 11) is 0. The highest BCUT2D eigenvalue weighted by Gasteiger charge is 2.26. The predicted octanol–water partition coefficient (Wildman–Crippen LogP) is 2.14. The quantitative estimate of drug-likeness (QED) is 0.786. The second-order valence-corrected chi connectivity index (χ2v) is 4.12. The van der Waals surface area contributed by atoms with Crippen LogP contribution < -0.4 is 5.73 Å². The Morgan fingerprint density at radius 3 is 2.81 bits per heavy atom. The molecule has 80 valence electrons. The van der Waals surface area contributed by atoms with Crippen LogP contribution in [0.4, 0.5) is 5.82 Å². The number of rotatable bonds is 1. The second kappa shape index (κ2) is 3.59. The highest BCUT2D eigenvalue weighted by atomic mass is 14.9. The topological polar surface area (TPSA) is 51.8 Å². The lowest BCUT2D eigenvalue weighted by Gasteiger charge is -2.12. The Morgan fingerprint density at radius 2 is 1.94 bits per heavy atom. The minimum Gasteiger partial charge on any atom is -0.382 e. The summed E-state index contributed by atoms with van der Waals surface area (Å²) in [6, 6.07) is 8.51. The Hall–Kier alpha value is -1.90. The van der Waals surface area contributed by atoms with Crippen molar-refractivity contribution < 1.29 is 0 Å². The largest absolute Gasteiger partial charge is 0.382 e. The van der Waals surface area contributed by atoms with Crippen molar-refractivity contribution in [2.45, 2.75) is 18.8 Å². The highest BCUT2D eigenvalue weighted by molar-refractivity contribution is 5.46. The number of fused-ring (bicyclic) bond motifs is 1. The molecule has 16 heavy (non-hydrogen) atoms. The molecule has 1 aliphatic carbocycles. The first-order valence-corrected chi connectivity index (χ1v) is 5.50. The van der Waals surface area contributed by atoms with Crippen LogP contribution in [-0.2, 0) is 6.42 Å². The van der Waals surface area contributed by atoms with Gasteiger partial charge >= 0.3 is 0 Å². The number of nitrogens with zero attached hydrogens (tertiary/aromatic N) is 2. The van der Waals surface area contributed by atoms with Crippen LogP contribution in [-0.4, -0.2) is 9.97 Å². The van der Waals surface area contributed by atoms with E-state index in [2.05, 4.69) is 34.2 Å². The lowest BCUT2D eigenvalue weighted by molar-refractivity contribution is 0.759. The van der Waals surface area contributed by atoms with Crippen LogP contribution in [0.25, 0.3) is 0 Å². The maximum absolute atomic E-state index is 5.88. The van der Waals surface area contributed by atoms with E-state index in [-0.39, 0.29) is 0 Å². The van der Waals surface area contributed by atoms with Gasteiger partial charge in [-0.25, -0.2) is 4.98 Å². The van der Waals surface area contributed by atoms with E-state index in [4.69, 9.17) is 5.73 Å². The van der Waals surface area contributed by atoms with Crippen LogP contribution >= 0.6 is 0 Å². The summed E-state index contributed by atoms with van der Waals surface area (Å²) < 4.78 is 0. The summed E-state index contributed by atoms with van der Waals surface area (Å²) in [6.07, 6.45) is 5.55. The number of hydrogen-bond acceptors (Lipinski definition) is 3. The van der Waals surface area contributed by atoms with Crippen LogP contribution in [0.3, 0.4) is 0 Å². The summed E-state index contributed by atoms with van der Waals surface area (Å²) in [5.41, 5.74) is 9.58. The van der Waals surface area contributed by atoms with Crippen molar-refractivity contribution in [3.8, 4) is 0 Å². The average Bonchev–Trinajstić information content (AvgIpc) is 2.74. The van der Waals surface area contributed by atoms with Gasteiger partial charge in [0.05, 0.1) is 5.69 Å². The van der Waals surface area contributed by atoms with Crippen LogP contribution in [0, 0.1) is 0 Å². The molecule has 2 aromatic rings. The standard InChI is InChI=1S/C13H13N3/c14-13-12(15-7-8-16-13)11-6-5-9-3-1-2-4-10(9)11/h1-4,7-8,11H,5-6H2,(H2,14,16). The summed E-state index contributed by atoms with van der Waals surface area (Å²) in [4.78, 5) is 8.48. The van der Waals surface area contributed by atoms with E-state index < -0.39 is 0 Å². The van der Waals surface area contributed by atoms with E-state index in [0.717, 1.165) is 18.5 Å². The van der Waals surface area contributed by atoms with Crippen LogP contribution in [0.5, 0.6) is 0 Å². The van der Waals surface area contributed by atoms with Crippen molar-refractivity contribution in [1.82, 2.24) is 9.97 Å². The molecule has 0 spiro atoms. The first kappa shape index (κ1) is 9.33. The van der Waals surface area contributed by atoms with Gasteiger partial charge in [-0.3, -0.25) is 4.98 Å². The molecule has 1 aromatic heterocycles. The lowest BCUT2D eigenvalue weighted by Crippen LogP contribution is -2.05. The highest BCUT2D eigenvalue weighted by Crippen LogP contribution is 2.38. The summed E-state index contributed by atoms with van der Waals surface area (Å²) in [6.45, 7) is 0. The molecule has 1 heterocycles. The maximum atomic E-state index is 5.88. The fraction of sp³-hybridized carbons (Fsp3) is 0.231. The monoisotopic (exact) mass is 211 g/mol. The second-order valence-electron chi connectivity index (χ2n) is 4.12. The Kier molecular flexibility index (Phi) is 2.10. The molecule has 3 heteroatoms. The fourth-order valence-electron chi connectivity index (χ4n) is 2.47. The third-order valence-corrected chi connectivity index (χ3v) is 3.22. The zero-order valence-corrected chi connectivity index (χ0v) is 8.93. The fourth-order valence-corrected chi connectivity index (χ4v) is 2.47. The van der Waals surface area contributed by atoms with Gasteiger partial charge in [0.1, 0.15) is 5.82 Å². The molecule has 0 saturated carbocycles. The van der Waals surface area contributed by atoms with E-state index in [1.807, 2.05) is 0 Å². The van der Waals surface area contributed by atoms with Gasteiger partial charge in [-0.1, -0.05) is 24.3 Å². The number of aryl methyl sites for hydroxylation is 1. The zero-order valence-electron chi connectivity index (χ0n) is 8.93. The van der Waals surface area contributed by atoms with Crippen LogP contribution in [0.2, 0.25) is 0 Å². The van der Waals surface area contributed by atoms with E-state index in [1.165, 1.54) is 11.1 Å². The molecular weight excluding hydrogens is 198 g/mol. The number of benzene rings is 1. The van der Waals surface area contributed by atoms with E-state index in [1.54, 1.807) is 12.4 Å². The lowest BCUT2D eigenvalue weighted by atomic mass is 9.97. The predicted molar refractivity (Wildman–Crippen MR) is 63.1 cm³/mol. The first-order valence-electron chi connectivity index (χ1n) is 5.50. The Labute approximate surface area is 94.4 Å². The minimum absolute atomic E-state index is 0.324. The SMILES string of the molecule is Nc1nccnc1C1CCc2ccccc21. The van der Waals surface area contributed by atoms with Gasteiger partial charge in [-0.05, 0) is 24.0 Å². The molecule has 1 aromatic carbocycles. The smallest absolute Gasteiger partial charge is 0.145 e. The molecule has 3 nitrogen and oxygen atoms in total. The molecule has 3 rings (SSSR count). The van der Waals surface area contributed by atoms with Crippen molar-refractivity contribution in [3.63, 3.8) is 0 Å². The normalized spacial score (nSPS) is 18.4. The third kappa shape index (κ3) is 1.36. The number of nitrogen functional groups attached to an aromatic ring is 1. The minimum atomic E-state index is 0.324. The molecular formula is C13H13N3. The van der Waals surface area contributed by atoms with Crippen molar-refractivity contribution in [2.24, 2.45) is 0 Å². The average molecular weight is 211 g/mol. The van der Waals surface area contributed by atoms with E-state index in [0.29, 0.717) is 11.7 Å². The molecule has 0 amide bonds. The summed E-state index contributed by atoms with van der Waals surface area (Å²) >= 11 is 0. The van der Waals surface area contributed by atoms with E-state index >= 15 is 0 Å². The van der Waals surface area contributed by atoms with Gasteiger partial charge in [0.25, 0.3) is 0 Å². The molecule has 0 fully saturated rings. The molecule has 0 bridgehead atoms. The van der Waals surface area contributed by atoms with Gasteiger partial charge in [0.2, 0.25) is 0 Å². The third-order valence-electron chi connectivity index (χ3n) is 3.22. The van der Waals surface area contributed by atoms with Crippen LogP contribution in [0.1, 0.15) is 29.2 Å². The Balaban J connectivity index is 2.08. The number of nitrogens with two attached hydrogens (primary N) is 1. The molecule has 0 radical (unpaired) electrons. The number of anilines is 1. The molecule has 0 aliphatic heterocycles. The molecule has 2 N–H and O–H groups in total. The zero-order chi connectivity index (χ0) is 11.0. The maximum Gasteiger partial charge on any atom is 0.145 e. The van der Waals surface area contributed by atoms with Crippen molar-refractivity contribution in [1.29, 1.82) is 0 Å². The van der Waals surface area contributed by atoms with E-state index in [9.17, 15) is 0 Å². The number of hydrogen-bond donors (Lipinski definition) is 1. The molecule has 0 saturated heterocycles. The van der Waals surface area contributed by atoms with Crippen LogP contribution in [0.15, 0.2) is 36.7 Å². The first-order chi connectivity index (χ1) is 7.86. The van der Waals surface area contributed by atoms with Gasteiger partial charge in [0, 0.05) is 18.3 Å². The Bertz CT molecular complexity index is 522. The van der Waals surface area contributed by atoms with Gasteiger partial charge in [-0.15, -0.1) is 0 Å². The summed E-state index contributed by atoms with van der Waals surface area (Å²) in [5.74, 6) is 0.883. The van der Waals surface area contributed by atoms with Crippen molar-refractivity contribution in [2.75, 3.05) is 5.73 Å². The molecule has 1 unspecified atom stereocenters. The molecule has 1 atom stereocenters. The Morgan fingerprint density at radius 1 is 1.12 bits per heavy atom. The van der Waals surface area contributed by atoms with Crippen molar-refractivity contribution >= 4 is 5.82 Å². The van der Waals surface area contributed by atoms with Gasteiger partial charge in [0.15, 0.2) is 0 Å². The molecule has 1 aliphatic rings. The van der Waals surface area contributed by atoms with Gasteiger partial charge < -0.3 is 5.73 Å². The van der Waals surface area contributed by atoms with Crippen molar-refractivity contribution in [3.05, 3.63) is 53.5 Å². The number of aromatic nitrogens is 2. The summed E-state index contributed by atoms with van der Waals surface area (Å²) in [5, 5.41) is 0.